The maximum atomic E-state index is 11.7. The van der Waals surface area contributed by atoms with Gasteiger partial charge in [-0.1, -0.05) is 6.07 Å². The molecule has 1 unspecified atom stereocenters. The van der Waals surface area contributed by atoms with E-state index in [1.807, 2.05) is 18.2 Å². The largest absolute Gasteiger partial charge is 0.390 e. The van der Waals surface area contributed by atoms with Crippen molar-refractivity contribution < 1.29 is 9.90 Å². The summed E-state index contributed by atoms with van der Waals surface area (Å²) in [6.45, 7) is 0.399. The lowest BCUT2D eigenvalue weighted by molar-refractivity contribution is 0.0972. The minimum absolute atomic E-state index is 0.205. The number of hydrogen-bond acceptors (Lipinski definition) is 3. The van der Waals surface area contributed by atoms with Gasteiger partial charge in [-0.2, -0.15) is 0 Å². The van der Waals surface area contributed by atoms with Crippen LogP contribution in [0.25, 0.3) is 0 Å². The van der Waals surface area contributed by atoms with Crippen molar-refractivity contribution in [2.45, 2.75) is 25.4 Å². The molecule has 1 aliphatic rings. The van der Waals surface area contributed by atoms with Gasteiger partial charge in [0.2, 0.25) is 0 Å². The molecular formula is C13H16ClNO2. The number of aliphatic hydroxyl groups excluding tert-OH is 1. The number of anilines is 1. The Balaban J connectivity index is 2.10. The summed E-state index contributed by atoms with van der Waals surface area (Å²) in [4.78, 5) is 11.7. The average Bonchev–Trinajstić information content (AvgIpc) is 2.36. The van der Waals surface area contributed by atoms with E-state index in [-0.39, 0.29) is 11.7 Å². The SMILES string of the molecule is O=C1CCCc2ccc(NCC(O)CCl)cc21. The molecule has 1 aromatic carbocycles. The molecule has 2 rings (SSSR count). The van der Waals surface area contributed by atoms with Crippen molar-refractivity contribution in [2.75, 3.05) is 17.7 Å². The van der Waals surface area contributed by atoms with E-state index in [0.717, 1.165) is 29.7 Å². The second kappa shape index (κ2) is 5.52. The highest BCUT2D eigenvalue weighted by Gasteiger charge is 2.17. The minimum Gasteiger partial charge on any atom is -0.390 e. The molecule has 2 N–H and O–H groups in total. The Morgan fingerprint density at radius 1 is 1.41 bits per heavy atom. The van der Waals surface area contributed by atoms with E-state index < -0.39 is 6.10 Å². The van der Waals surface area contributed by atoms with Crippen LogP contribution in [-0.4, -0.2) is 29.4 Å². The minimum atomic E-state index is -0.566. The molecule has 0 bridgehead atoms. The van der Waals surface area contributed by atoms with Gasteiger partial charge in [0, 0.05) is 24.2 Å². The highest BCUT2D eigenvalue weighted by Crippen LogP contribution is 2.24. The second-order valence-corrected chi connectivity index (χ2v) is 4.65. The zero-order valence-corrected chi connectivity index (χ0v) is 10.3. The Morgan fingerprint density at radius 3 is 3.00 bits per heavy atom. The summed E-state index contributed by atoms with van der Waals surface area (Å²) in [6.07, 6.45) is 2.00. The molecule has 0 saturated carbocycles. The molecule has 0 heterocycles. The highest BCUT2D eigenvalue weighted by atomic mass is 35.5. The monoisotopic (exact) mass is 253 g/mol. The highest BCUT2D eigenvalue weighted by molar-refractivity contribution is 6.18. The molecule has 0 saturated heterocycles. The van der Waals surface area contributed by atoms with Gasteiger partial charge in [-0.05, 0) is 30.5 Å². The summed E-state index contributed by atoms with van der Waals surface area (Å²) < 4.78 is 0. The van der Waals surface area contributed by atoms with Gasteiger partial charge in [-0.25, -0.2) is 0 Å². The number of carbonyl (C=O) groups excluding carboxylic acids is 1. The summed E-state index contributed by atoms with van der Waals surface area (Å²) >= 11 is 5.51. The van der Waals surface area contributed by atoms with Gasteiger partial charge in [0.1, 0.15) is 0 Å². The number of hydrogen-bond donors (Lipinski definition) is 2. The molecular weight excluding hydrogens is 238 g/mol. The van der Waals surface area contributed by atoms with Crippen LogP contribution in [0.2, 0.25) is 0 Å². The lowest BCUT2D eigenvalue weighted by Crippen LogP contribution is -2.21. The fourth-order valence-electron chi connectivity index (χ4n) is 2.03. The van der Waals surface area contributed by atoms with Crippen molar-refractivity contribution in [3.63, 3.8) is 0 Å². The summed E-state index contributed by atoms with van der Waals surface area (Å²) in [5, 5.41) is 12.4. The van der Waals surface area contributed by atoms with Gasteiger partial charge in [0.05, 0.1) is 12.0 Å². The lowest BCUT2D eigenvalue weighted by Gasteiger charge is -2.17. The van der Waals surface area contributed by atoms with E-state index in [0.29, 0.717) is 13.0 Å². The molecule has 0 fully saturated rings. The number of fused-ring (bicyclic) bond motifs is 1. The van der Waals surface area contributed by atoms with E-state index >= 15 is 0 Å². The molecule has 92 valence electrons. The number of aliphatic hydroxyl groups is 1. The van der Waals surface area contributed by atoms with Crippen LogP contribution >= 0.6 is 11.6 Å². The van der Waals surface area contributed by atoms with Crippen LogP contribution in [0.15, 0.2) is 18.2 Å². The van der Waals surface area contributed by atoms with E-state index in [2.05, 4.69) is 5.32 Å². The van der Waals surface area contributed by atoms with Crippen LogP contribution in [-0.2, 0) is 6.42 Å². The molecule has 1 aliphatic carbocycles. The normalized spacial score (nSPS) is 16.5. The first-order valence-corrected chi connectivity index (χ1v) is 6.38. The maximum Gasteiger partial charge on any atom is 0.163 e. The maximum absolute atomic E-state index is 11.7. The average molecular weight is 254 g/mol. The third kappa shape index (κ3) is 2.99. The fourth-order valence-corrected chi connectivity index (χ4v) is 2.14. The molecule has 17 heavy (non-hydrogen) atoms. The van der Waals surface area contributed by atoms with E-state index in [4.69, 9.17) is 11.6 Å². The van der Waals surface area contributed by atoms with Crippen LogP contribution in [0, 0.1) is 0 Å². The summed E-state index contributed by atoms with van der Waals surface area (Å²) in [5.41, 5.74) is 2.81. The molecule has 0 aromatic heterocycles. The Labute approximate surface area is 106 Å². The Bertz CT molecular complexity index is 420. The number of ketones is 1. The third-order valence-corrected chi connectivity index (χ3v) is 3.34. The van der Waals surface area contributed by atoms with Gasteiger partial charge in [-0.15, -0.1) is 11.6 Å². The van der Waals surface area contributed by atoms with Crippen LogP contribution in [0.3, 0.4) is 0 Å². The standard InChI is InChI=1S/C13H16ClNO2/c14-7-11(16)8-15-10-5-4-9-2-1-3-13(17)12(9)6-10/h4-6,11,15-16H,1-3,7-8H2. The fraction of sp³-hybridized carbons (Fsp3) is 0.462. The van der Waals surface area contributed by atoms with Crippen molar-refractivity contribution >= 4 is 23.1 Å². The van der Waals surface area contributed by atoms with Gasteiger partial charge in [-0.3, -0.25) is 4.79 Å². The molecule has 0 aliphatic heterocycles. The first-order valence-electron chi connectivity index (χ1n) is 5.84. The number of nitrogens with one attached hydrogen (secondary N) is 1. The van der Waals surface area contributed by atoms with Crippen molar-refractivity contribution in [1.29, 1.82) is 0 Å². The Hall–Kier alpha value is -1.06. The van der Waals surface area contributed by atoms with Crippen LogP contribution in [0.5, 0.6) is 0 Å². The third-order valence-electron chi connectivity index (χ3n) is 2.98. The van der Waals surface area contributed by atoms with Crippen molar-refractivity contribution in [3.05, 3.63) is 29.3 Å². The van der Waals surface area contributed by atoms with Gasteiger partial charge >= 0.3 is 0 Å². The number of aryl methyl sites for hydroxylation is 1. The first kappa shape index (κ1) is 12.4. The molecule has 3 nitrogen and oxygen atoms in total. The van der Waals surface area contributed by atoms with Gasteiger partial charge in [0.15, 0.2) is 5.78 Å². The van der Waals surface area contributed by atoms with Crippen molar-refractivity contribution in [1.82, 2.24) is 0 Å². The smallest absolute Gasteiger partial charge is 0.163 e. The van der Waals surface area contributed by atoms with Crippen LogP contribution in [0.4, 0.5) is 5.69 Å². The number of halogens is 1. The number of rotatable bonds is 4. The Morgan fingerprint density at radius 2 is 2.24 bits per heavy atom. The van der Waals surface area contributed by atoms with Crippen LogP contribution < -0.4 is 5.32 Å². The number of alkyl halides is 1. The molecule has 1 atom stereocenters. The van der Waals surface area contributed by atoms with Crippen molar-refractivity contribution in [3.8, 4) is 0 Å². The second-order valence-electron chi connectivity index (χ2n) is 4.34. The van der Waals surface area contributed by atoms with E-state index in [1.165, 1.54) is 0 Å². The van der Waals surface area contributed by atoms with E-state index in [1.54, 1.807) is 0 Å². The molecule has 0 spiro atoms. The zero-order valence-electron chi connectivity index (χ0n) is 9.58. The number of Topliss-reactive ketones (excluding diaryl/α,β-unsaturated/α-hetero) is 1. The summed E-state index contributed by atoms with van der Waals surface area (Å²) in [7, 11) is 0. The van der Waals surface area contributed by atoms with Crippen molar-refractivity contribution in [2.24, 2.45) is 0 Å². The summed E-state index contributed by atoms with van der Waals surface area (Å²) in [6, 6.07) is 5.80. The van der Waals surface area contributed by atoms with Gasteiger partial charge < -0.3 is 10.4 Å². The Kier molecular flexibility index (Phi) is 4.02. The predicted octanol–water partition coefficient (Wildman–Crippen LogP) is 2.22. The molecule has 1 aromatic rings. The van der Waals surface area contributed by atoms with Gasteiger partial charge in [0.25, 0.3) is 0 Å². The zero-order chi connectivity index (χ0) is 12.3. The number of benzene rings is 1. The molecule has 0 amide bonds. The molecule has 0 radical (unpaired) electrons. The quantitative estimate of drug-likeness (QED) is 0.809. The number of carbonyl (C=O) groups is 1. The lowest BCUT2D eigenvalue weighted by atomic mass is 9.90. The topological polar surface area (TPSA) is 49.3 Å². The van der Waals surface area contributed by atoms with E-state index in [9.17, 15) is 9.90 Å². The van der Waals surface area contributed by atoms with Crippen LogP contribution in [0.1, 0.15) is 28.8 Å². The predicted molar refractivity (Wildman–Crippen MR) is 68.9 cm³/mol. The first-order chi connectivity index (χ1) is 8.20. The summed E-state index contributed by atoms with van der Waals surface area (Å²) in [5.74, 6) is 0.421. The molecule has 4 heteroatoms.